The molecule has 4 heteroatoms. The molecule has 0 spiro atoms. The lowest BCUT2D eigenvalue weighted by atomic mass is 10.4. The lowest BCUT2D eigenvalue weighted by Crippen LogP contribution is -2.14. The van der Waals surface area contributed by atoms with Gasteiger partial charge in [-0.15, -0.1) is 0 Å². The van der Waals surface area contributed by atoms with E-state index in [0.29, 0.717) is 6.61 Å². The lowest BCUT2D eigenvalue weighted by Gasteiger charge is -2.04. The maximum Gasteiger partial charge on any atom is 0.325 e. The third-order valence-electron chi connectivity index (χ3n) is 1.48. The van der Waals surface area contributed by atoms with Crippen LogP contribution in [0.25, 0.3) is 0 Å². The minimum absolute atomic E-state index is 0.0693. The second-order valence-electron chi connectivity index (χ2n) is 2.51. The second-order valence-corrected chi connectivity index (χ2v) is 2.51. The number of esters is 1. The van der Waals surface area contributed by atoms with Gasteiger partial charge in [-0.3, -0.25) is 9.59 Å². The molecule has 0 N–H and O–H groups in total. The molecule has 1 rings (SSSR count). The molecule has 0 bridgehead atoms. The van der Waals surface area contributed by atoms with Gasteiger partial charge in [0.15, 0.2) is 5.43 Å². The van der Waals surface area contributed by atoms with E-state index in [1.165, 1.54) is 12.1 Å². The largest absolute Gasteiger partial charge is 0.465 e. The quantitative estimate of drug-likeness (QED) is 0.711. The molecule has 1 heterocycles. The van der Waals surface area contributed by atoms with Gasteiger partial charge in [-0.1, -0.05) is 13.8 Å². The Morgan fingerprint density at radius 3 is 2.33 bits per heavy atom. The summed E-state index contributed by atoms with van der Waals surface area (Å²) in [4.78, 5) is 21.7. The zero-order chi connectivity index (χ0) is 11.7. The topological polar surface area (TPSA) is 48.3 Å². The third-order valence-corrected chi connectivity index (χ3v) is 1.48. The summed E-state index contributed by atoms with van der Waals surface area (Å²) in [7, 11) is 0. The molecule has 0 aliphatic carbocycles. The molecule has 0 unspecified atom stereocenters. The van der Waals surface area contributed by atoms with E-state index in [2.05, 4.69) is 0 Å². The molecule has 0 aromatic carbocycles. The molecule has 0 radical (unpaired) electrons. The summed E-state index contributed by atoms with van der Waals surface area (Å²) in [5.74, 6) is -0.300. The molecular formula is C11H17NO3. The lowest BCUT2D eigenvalue weighted by molar-refractivity contribution is -0.143. The van der Waals surface area contributed by atoms with Crippen LogP contribution in [0.3, 0.4) is 0 Å². The molecule has 0 aliphatic heterocycles. The highest BCUT2D eigenvalue weighted by Crippen LogP contribution is 1.87. The Balaban J connectivity index is 0.000000921. The zero-order valence-corrected chi connectivity index (χ0v) is 9.40. The Morgan fingerprint density at radius 2 is 1.87 bits per heavy atom. The van der Waals surface area contributed by atoms with Gasteiger partial charge in [0, 0.05) is 24.5 Å². The van der Waals surface area contributed by atoms with Crippen molar-refractivity contribution in [1.29, 1.82) is 0 Å². The van der Waals surface area contributed by atoms with Crippen LogP contribution < -0.4 is 5.43 Å². The smallest absolute Gasteiger partial charge is 0.325 e. The number of carbonyl (C=O) groups is 1. The summed E-state index contributed by atoms with van der Waals surface area (Å²) in [6.45, 7) is 6.27. The van der Waals surface area contributed by atoms with Gasteiger partial charge < -0.3 is 9.30 Å². The van der Waals surface area contributed by atoms with Gasteiger partial charge in [0.2, 0.25) is 0 Å². The monoisotopic (exact) mass is 211 g/mol. The predicted octanol–water partition coefficient (Wildman–Crippen LogP) is 1.44. The Kier molecular flexibility index (Phi) is 6.97. The van der Waals surface area contributed by atoms with Crippen LogP contribution in [0.2, 0.25) is 0 Å². The molecule has 0 fully saturated rings. The highest BCUT2D eigenvalue weighted by molar-refractivity contribution is 5.69. The summed E-state index contributed by atoms with van der Waals surface area (Å²) in [6.07, 6.45) is 3.11. The van der Waals surface area contributed by atoms with Crippen molar-refractivity contribution in [2.24, 2.45) is 0 Å². The van der Waals surface area contributed by atoms with E-state index in [1.54, 1.807) is 23.9 Å². The standard InChI is InChI=1S/C9H11NO3.C2H6/c1-2-13-9(12)7-10-5-3-8(11)4-6-10;1-2/h3-6H,2,7H2,1H3;1-2H3. The molecule has 0 saturated carbocycles. The van der Waals surface area contributed by atoms with Crippen molar-refractivity contribution in [2.45, 2.75) is 27.3 Å². The first-order valence-electron chi connectivity index (χ1n) is 5.04. The molecule has 0 saturated heterocycles. The van der Waals surface area contributed by atoms with Gasteiger partial charge in [0.25, 0.3) is 0 Å². The van der Waals surface area contributed by atoms with Crippen molar-refractivity contribution in [3.05, 3.63) is 34.7 Å². The van der Waals surface area contributed by atoms with Crippen LogP contribution in [-0.2, 0) is 16.1 Å². The van der Waals surface area contributed by atoms with Gasteiger partial charge >= 0.3 is 5.97 Å². The van der Waals surface area contributed by atoms with Crippen molar-refractivity contribution in [2.75, 3.05) is 6.61 Å². The van der Waals surface area contributed by atoms with Crippen molar-refractivity contribution < 1.29 is 9.53 Å². The maximum atomic E-state index is 11.0. The number of nitrogens with zero attached hydrogens (tertiary/aromatic N) is 1. The van der Waals surface area contributed by atoms with E-state index in [-0.39, 0.29) is 17.9 Å². The molecular weight excluding hydrogens is 194 g/mol. The Labute approximate surface area is 89.5 Å². The Bertz CT molecular complexity index is 323. The van der Waals surface area contributed by atoms with Crippen LogP contribution in [0, 0.1) is 0 Å². The van der Waals surface area contributed by atoms with Crippen molar-refractivity contribution in [3.63, 3.8) is 0 Å². The molecule has 0 aliphatic rings. The van der Waals surface area contributed by atoms with Gasteiger partial charge in [-0.05, 0) is 6.92 Å². The molecule has 1 aromatic heterocycles. The Hall–Kier alpha value is -1.58. The minimum Gasteiger partial charge on any atom is -0.465 e. The van der Waals surface area contributed by atoms with E-state index in [0.717, 1.165) is 0 Å². The average Bonchev–Trinajstić information content (AvgIpc) is 2.25. The van der Waals surface area contributed by atoms with Crippen LogP contribution in [0.1, 0.15) is 20.8 Å². The minimum atomic E-state index is -0.300. The van der Waals surface area contributed by atoms with E-state index >= 15 is 0 Å². The SMILES string of the molecule is CC.CCOC(=O)Cn1ccc(=O)cc1. The van der Waals surface area contributed by atoms with Crippen molar-refractivity contribution >= 4 is 5.97 Å². The van der Waals surface area contributed by atoms with Crippen LogP contribution in [0.5, 0.6) is 0 Å². The second kappa shape index (κ2) is 7.79. The summed E-state index contributed by atoms with van der Waals surface area (Å²) in [5.41, 5.74) is -0.0693. The molecule has 0 atom stereocenters. The van der Waals surface area contributed by atoms with Gasteiger partial charge in [-0.25, -0.2) is 0 Å². The van der Waals surface area contributed by atoms with E-state index in [9.17, 15) is 9.59 Å². The molecule has 84 valence electrons. The van der Waals surface area contributed by atoms with E-state index in [4.69, 9.17) is 4.74 Å². The number of carbonyl (C=O) groups excluding carboxylic acids is 1. The fraction of sp³-hybridized carbons (Fsp3) is 0.455. The summed E-state index contributed by atoms with van der Waals surface area (Å²) < 4.78 is 6.33. The van der Waals surface area contributed by atoms with Crippen LogP contribution >= 0.6 is 0 Å². The first-order chi connectivity index (χ1) is 7.22. The van der Waals surface area contributed by atoms with Crippen LogP contribution in [-0.4, -0.2) is 17.1 Å². The van der Waals surface area contributed by atoms with Gasteiger partial charge in [0.1, 0.15) is 6.54 Å². The highest BCUT2D eigenvalue weighted by Gasteiger charge is 2.00. The summed E-state index contributed by atoms with van der Waals surface area (Å²) in [5, 5.41) is 0. The number of pyridine rings is 1. The molecule has 0 amide bonds. The van der Waals surface area contributed by atoms with Crippen molar-refractivity contribution in [3.8, 4) is 0 Å². The highest BCUT2D eigenvalue weighted by atomic mass is 16.5. The molecule has 4 nitrogen and oxygen atoms in total. The normalized spacial score (nSPS) is 8.73. The summed E-state index contributed by atoms with van der Waals surface area (Å²) >= 11 is 0. The van der Waals surface area contributed by atoms with Gasteiger partial charge in [-0.2, -0.15) is 0 Å². The number of hydrogen-bond donors (Lipinski definition) is 0. The number of ether oxygens (including phenoxy) is 1. The molecule has 15 heavy (non-hydrogen) atoms. The van der Waals surface area contributed by atoms with E-state index in [1.807, 2.05) is 13.8 Å². The average molecular weight is 211 g/mol. The first kappa shape index (κ1) is 13.4. The third kappa shape index (κ3) is 5.67. The summed E-state index contributed by atoms with van der Waals surface area (Å²) in [6, 6.07) is 2.80. The molecule has 1 aromatic rings. The fourth-order valence-electron chi connectivity index (χ4n) is 0.905. The zero-order valence-electron chi connectivity index (χ0n) is 9.40. The number of hydrogen-bond acceptors (Lipinski definition) is 3. The number of aromatic nitrogens is 1. The fourth-order valence-corrected chi connectivity index (χ4v) is 0.905. The van der Waals surface area contributed by atoms with E-state index < -0.39 is 0 Å². The Morgan fingerprint density at radius 1 is 1.33 bits per heavy atom. The first-order valence-corrected chi connectivity index (χ1v) is 5.04. The predicted molar refractivity (Wildman–Crippen MR) is 58.7 cm³/mol. The van der Waals surface area contributed by atoms with Crippen molar-refractivity contribution in [1.82, 2.24) is 4.57 Å². The maximum absolute atomic E-state index is 11.0. The van der Waals surface area contributed by atoms with Gasteiger partial charge in [0.05, 0.1) is 6.61 Å². The van der Waals surface area contributed by atoms with Crippen LogP contribution in [0.15, 0.2) is 29.3 Å². The number of rotatable bonds is 3. The van der Waals surface area contributed by atoms with Crippen LogP contribution in [0.4, 0.5) is 0 Å².